The number of ketones is 1. The molecule has 0 radical (unpaired) electrons. The molecule has 62 valence electrons. The van der Waals surface area contributed by atoms with E-state index in [0.717, 1.165) is 0 Å². The lowest BCUT2D eigenvalue weighted by molar-refractivity contribution is -0.112. The highest BCUT2D eigenvalue weighted by Gasteiger charge is 1.87. The molecule has 12 heavy (non-hydrogen) atoms. The summed E-state index contributed by atoms with van der Waals surface area (Å²) < 4.78 is 7.51. The molecule has 0 aromatic heterocycles. The summed E-state index contributed by atoms with van der Waals surface area (Å²) in [5.41, 5.74) is 0.694. The van der Waals surface area contributed by atoms with Crippen LogP contribution in [0.2, 0.25) is 5.02 Å². The molecule has 0 N–H and O–H groups in total. The maximum absolute atomic E-state index is 10.7. The average Bonchev–Trinajstić information content (AvgIpc) is 2.04. The Morgan fingerprint density at radius 2 is 2.08 bits per heavy atom. The second-order valence-corrected chi connectivity index (χ2v) is 2.84. The van der Waals surface area contributed by atoms with Gasteiger partial charge in [-0.05, 0) is 30.7 Å². The van der Waals surface area contributed by atoms with Gasteiger partial charge in [-0.15, -0.1) is 0 Å². The van der Waals surface area contributed by atoms with Crippen LogP contribution in [0.15, 0.2) is 30.3 Å². The van der Waals surface area contributed by atoms with Gasteiger partial charge in [0, 0.05) is 5.02 Å². The number of allylic oxidation sites excluding steroid dienone is 1. The molecule has 0 unspecified atom stereocenters. The van der Waals surface area contributed by atoms with Crippen LogP contribution in [0.5, 0.6) is 0 Å². The highest BCUT2D eigenvalue weighted by atomic mass is 35.5. The van der Waals surface area contributed by atoms with Gasteiger partial charge in [0.2, 0.25) is 0 Å². The lowest BCUT2D eigenvalue weighted by Crippen LogP contribution is -1.79. The van der Waals surface area contributed by atoms with Gasteiger partial charge < -0.3 is 0 Å². The van der Waals surface area contributed by atoms with Crippen molar-refractivity contribution in [2.24, 2.45) is 0 Å². The van der Waals surface area contributed by atoms with Crippen molar-refractivity contribution in [3.8, 4) is 0 Å². The van der Waals surface area contributed by atoms with Gasteiger partial charge in [-0.25, -0.2) is 0 Å². The fraction of sp³-hybridized carbons (Fsp3) is 0.100. The summed E-state index contributed by atoms with van der Waals surface area (Å²) in [5.74, 6) is -0.125. The predicted octanol–water partition coefficient (Wildman–Crippen LogP) is 2.94. The van der Waals surface area contributed by atoms with Crippen molar-refractivity contribution in [1.29, 1.82) is 0 Å². The Balaban J connectivity index is 2.96. The molecular formula is C10H9ClO. The molecule has 0 heterocycles. The van der Waals surface area contributed by atoms with Gasteiger partial charge in [0.25, 0.3) is 0 Å². The molecule has 1 aromatic carbocycles. The third-order valence-electron chi connectivity index (χ3n) is 1.29. The Kier molecular flexibility index (Phi) is 2.57. The van der Waals surface area contributed by atoms with E-state index in [1.54, 1.807) is 24.3 Å². The topological polar surface area (TPSA) is 17.1 Å². The Hall–Kier alpha value is -1.08. The van der Waals surface area contributed by atoms with E-state index in [2.05, 4.69) is 0 Å². The highest BCUT2D eigenvalue weighted by molar-refractivity contribution is 6.30. The maximum Gasteiger partial charge on any atom is 0.152 e. The average molecular weight is 182 g/mol. The number of halogens is 1. The summed E-state index contributed by atoms with van der Waals surface area (Å²) in [7, 11) is 0. The van der Waals surface area contributed by atoms with Crippen molar-refractivity contribution in [1.82, 2.24) is 0 Å². The zero-order valence-corrected chi connectivity index (χ0v) is 7.43. The zero-order chi connectivity index (χ0) is 9.84. The Bertz CT molecular complexity index is 340. The molecule has 0 aliphatic heterocycles. The van der Waals surface area contributed by atoms with Crippen LogP contribution in [-0.2, 0) is 4.79 Å². The van der Waals surface area contributed by atoms with Gasteiger partial charge >= 0.3 is 0 Å². The molecule has 0 spiro atoms. The zero-order valence-electron chi connectivity index (χ0n) is 7.67. The summed E-state index contributed by atoms with van der Waals surface area (Å²) in [6, 6.07) is 7.02. The van der Waals surface area contributed by atoms with Crippen LogP contribution in [0.3, 0.4) is 0 Å². The third-order valence-corrected chi connectivity index (χ3v) is 1.54. The number of carbonyl (C=O) groups excluding carboxylic acids is 1. The van der Waals surface area contributed by atoms with E-state index in [4.69, 9.17) is 13.0 Å². The van der Waals surface area contributed by atoms with Crippen LogP contribution < -0.4 is 0 Å². The molecule has 0 amide bonds. The lowest BCUT2D eigenvalue weighted by Gasteiger charge is -1.91. The van der Waals surface area contributed by atoms with E-state index in [-0.39, 0.29) is 11.8 Å². The monoisotopic (exact) mass is 181 g/mol. The maximum atomic E-state index is 10.7. The minimum atomic E-state index is -0.125. The normalized spacial score (nSPS) is 12.5. The molecule has 0 aliphatic rings. The summed E-state index contributed by atoms with van der Waals surface area (Å²) in [6.07, 6.45) is 1.28. The molecule has 0 atom stereocenters. The number of hydrogen-bond acceptors (Lipinski definition) is 1. The summed E-state index contributed by atoms with van der Waals surface area (Å²) in [4.78, 5) is 10.7. The predicted molar refractivity (Wildman–Crippen MR) is 51.2 cm³/mol. The first-order chi connectivity index (χ1) is 6.09. The first kappa shape index (κ1) is 7.56. The van der Waals surface area contributed by atoms with Crippen LogP contribution in [0, 0.1) is 0 Å². The van der Waals surface area contributed by atoms with E-state index in [0.29, 0.717) is 10.6 Å². The largest absolute Gasteiger partial charge is 0.295 e. The van der Waals surface area contributed by atoms with Crippen molar-refractivity contribution < 1.29 is 6.17 Å². The minimum Gasteiger partial charge on any atom is -0.295 e. The van der Waals surface area contributed by atoms with E-state index in [9.17, 15) is 4.79 Å². The Morgan fingerprint density at radius 3 is 2.58 bits per heavy atom. The molecule has 2 heteroatoms. The molecular weight excluding hydrogens is 172 g/mol. The van der Waals surface area contributed by atoms with Crippen LogP contribution in [0.4, 0.5) is 0 Å². The second-order valence-electron chi connectivity index (χ2n) is 2.41. The smallest absolute Gasteiger partial charge is 0.152 e. The SMILES string of the molecule is [2H]/C(=C\C(C)=O)c1ccc(Cl)cc1. The fourth-order valence-electron chi connectivity index (χ4n) is 0.731. The number of rotatable bonds is 2. The van der Waals surface area contributed by atoms with Gasteiger partial charge in [0.05, 0.1) is 1.37 Å². The van der Waals surface area contributed by atoms with E-state index < -0.39 is 0 Å². The van der Waals surface area contributed by atoms with Gasteiger partial charge in [0.1, 0.15) is 0 Å². The number of benzene rings is 1. The van der Waals surface area contributed by atoms with E-state index >= 15 is 0 Å². The first-order valence-electron chi connectivity index (χ1n) is 4.04. The first-order valence-corrected chi connectivity index (χ1v) is 3.92. The van der Waals surface area contributed by atoms with Crippen molar-refractivity contribution >= 4 is 23.4 Å². The van der Waals surface area contributed by atoms with Gasteiger partial charge in [-0.2, -0.15) is 0 Å². The van der Waals surface area contributed by atoms with Crippen molar-refractivity contribution in [2.75, 3.05) is 0 Å². The molecule has 1 nitrogen and oxygen atoms in total. The van der Waals surface area contributed by atoms with E-state index in [1.807, 2.05) is 0 Å². The van der Waals surface area contributed by atoms with Gasteiger partial charge in [-0.1, -0.05) is 29.8 Å². The van der Waals surface area contributed by atoms with Crippen molar-refractivity contribution in [2.45, 2.75) is 6.92 Å². The summed E-state index contributed by atoms with van der Waals surface area (Å²) >= 11 is 5.67. The highest BCUT2D eigenvalue weighted by Crippen LogP contribution is 2.10. The standard InChI is InChI=1S/C10H9ClO/c1-8(12)2-3-9-4-6-10(11)7-5-9/h2-7H,1H3/b3-2+/i3D. The van der Waals surface area contributed by atoms with Crippen molar-refractivity contribution in [3.05, 3.63) is 40.9 Å². The Labute approximate surface area is 78.1 Å². The minimum absolute atomic E-state index is 0.125. The summed E-state index contributed by atoms with van der Waals surface area (Å²) in [6.45, 7) is 1.42. The quantitative estimate of drug-likeness (QED) is 0.642. The number of hydrogen-bond donors (Lipinski definition) is 0. The van der Waals surface area contributed by atoms with E-state index in [1.165, 1.54) is 13.0 Å². The van der Waals surface area contributed by atoms with Crippen LogP contribution in [0.1, 0.15) is 13.9 Å². The fourth-order valence-corrected chi connectivity index (χ4v) is 0.857. The molecule has 0 aliphatic carbocycles. The van der Waals surface area contributed by atoms with Gasteiger partial charge in [-0.3, -0.25) is 4.79 Å². The van der Waals surface area contributed by atoms with Crippen LogP contribution in [0.25, 0.3) is 6.05 Å². The lowest BCUT2D eigenvalue weighted by atomic mass is 10.2. The number of carbonyl (C=O) groups is 1. The third kappa shape index (κ3) is 2.89. The molecule has 0 fully saturated rings. The molecule has 1 aromatic rings. The molecule has 0 bridgehead atoms. The van der Waals surface area contributed by atoms with Crippen LogP contribution in [-0.4, -0.2) is 5.78 Å². The molecule has 0 saturated carbocycles. The molecule has 0 saturated heterocycles. The molecule has 1 rings (SSSR count). The Morgan fingerprint density at radius 1 is 1.50 bits per heavy atom. The van der Waals surface area contributed by atoms with Crippen LogP contribution >= 0.6 is 11.6 Å². The summed E-state index contributed by atoms with van der Waals surface area (Å²) in [5, 5.41) is 0.624. The second kappa shape index (κ2) is 4.07. The van der Waals surface area contributed by atoms with Crippen molar-refractivity contribution in [3.63, 3.8) is 0 Å². The van der Waals surface area contributed by atoms with Gasteiger partial charge in [0.15, 0.2) is 5.78 Å².